The number of hydrogen-bond acceptors (Lipinski definition) is 4. The van der Waals surface area contributed by atoms with Crippen LogP contribution in [0, 0.1) is 11.6 Å². The normalized spacial score (nSPS) is 15.1. The number of rotatable bonds is 5. The smallest absolute Gasteiger partial charge is 0.360 e. The third kappa shape index (κ3) is 4.89. The molecule has 2 heterocycles. The molecule has 2 amide bonds. The van der Waals surface area contributed by atoms with Gasteiger partial charge in [0.05, 0.1) is 23.6 Å². The Morgan fingerprint density at radius 1 is 1.10 bits per heavy atom. The predicted molar refractivity (Wildman–Crippen MR) is 124 cm³/mol. The van der Waals surface area contributed by atoms with E-state index in [4.69, 9.17) is 16.1 Å². The van der Waals surface area contributed by atoms with Crippen LogP contribution >= 0.6 is 11.6 Å². The lowest BCUT2D eigenvalue weighted by Gasteiger charge is -2.18. The molecule has 202 valence electrons. The monoisotopic (exact) mass is 571 g/mol. The lowest BCUT2D eigenvalue weighted by molar-refractivity contribution is -0.137. The van der Waals surface area contributed by atoms with Gasteiger partial charge < -0.3 is 15.2 Å². The predicted octanol–water partition coefficient (Wildman–Crippen LogP) is 6.67. The number of anilines is 1. The number of amides is 2. The summed E-state index contributed by atoms with van der Waals surface area (Å²) in [5, 5.41) is 8.54. The molecule has 0 bridgehead atoms. The molecule has 39 heavy (non-hydrogen) atoms. The van der Waals surface area contributed by atoms with E-state index in [2.05, 4.69) is 15.8 Å². The van der Waals surface area contributed by atoms with Gasteiger partial charge in [0.15, 0.2) is 0 Å². The van der Waals surface area contributed by atoms with Crippen molar-refractivity contribution in [3.63, 3.8) is 0 Å². The van der Waals surface area contributed by atoms with Crippen LogP contribution in [0.15, 0.2) is 47.0 Å². The highest BCUT2D eigenvalue weighted by Gasteiger charge is 2.38. The largest absolute Gasteiger partial charge is 0.416 e. The fourth-order valence-electron chi connectivity index (χ4n) is 4.39. The summed E-state index contributed by atoms with van der Waals surface area (Å²) in [7, 11) is 0. The molecule has 6 nitrogen and oxygen atoms in total. The molecule has 1 unspecified atom stereocenters. The minimum atomic E-state index is -4.96. The van der Waals surface area contributed by atoms with E-state index in [9.17, 15) is 40.3 Å². The van der Waals surface area contributed by atoms with Crippen molar-refractivity contribution < 1.29 is 44.8 Å². The van der Waals surface area contributed by atoms with E-state index in [1.54, 1.807) is 0 Å². The number of benzene rings is 3. The number of carbonyl (C=O) groups is 2. The van der Waals surface area contributed by atoms with Crippen molar-refractivity contribution in [1.29, 1.82) is 0 Å². The fraction of sp³-hybridized carbons (Fsp3) is 0.160. The Kier molecular flexibility index (Phi) is 6.49. The van der Waals surface area contributed by atoms with E-state index in [-0.39, 0.29) is 50.1 Å². The second kappa shape index (κ2) is 9.56. The number of alkyl halides is 5. The Hall–Kier alpha value is -4.13. The summed E-state index contributed by atoms with van der Waals surface area (Å²) in [6, 6.07) is 4.44. The van der Waals surface area contributed by atoms with Crippen LogP contribution in [0.1, 0.15) is 49.2 Å². The molecule has 0 aliphatic carbocycles. The molecule has 0 radical (unpaired) electrons. The molecule has 1 atom stereocenters. The number of hydrogen-bond donors (Lipinski definition) is 2. The van der Waals surface area contributed by atoms with Crippen LogP contribution in [0.5, 0.6) is 0 Å². The molecule has 1 aliphatic heterocycles. The van der Waals surface area contributed by atoms with Crippen molar-refractivity contribution in [2.45, 2.75) is 25.1 Å². The summed E-state index contributed by atoms with van der Waals surface area (Å²) in [6.07, 6.45) is -8.73. The van der Waals surface area contributed by atoms with Crippen molar-refractivity contribution in [3.05, 3.63) is 92.7 Å². The zero-order chi connectivity index (χ0) is 28.2. The van der Waals surface area contributed by atoms with E-state index < -0.39 is 59.6 Å². The quantitative estimate of drug-likeness (QED) is 0.262. The Morgan fingerprint density at radius 3 is 2.54 bits per heavy atom. The zero-order valence-electron chi connectivity index (χ0n) is 19.1. The van der Waals surface area contributed by atoms with Crippen molar-refractivity contribution in [2.24, 2.45) is 0 Å². The van der Waals surface area contributed by atoms with Crippen molar-refractivity contribution in [2.75, 3.05) is 5.32 Å². The maximum Gasteiger partial charge on any atom is 0.416 e. The van der Waals surface area contributed by atoms with E-state index in [1.165, 1.54) is 6.07 Å². The average Bonchev–Trinajstić information content (AvgIpc) is 3.40. The molecule has 2 N–H and O–H groups in total. The molecule has 14 heteroatoms. The number of nitrogens with zero attached hydrogens (tertiary/aromatic N) is 1. The first-order valence-corrected chi connectivity index (χ1v) is 11.4. The van der Waals surface area contributed by atoms with E-state index in [0.717, 1.165) is 18.2 Å². The zero-order valence-corrected chi connectivity index (χ0v) is 19.9. The second-order valence-electron chi connectivity index (χ2n) is 8.56. The minimum Gasteiger partial charge on any atom is -0.360 e. The SMILES string of the molecule is O=C(Nc1cc2c(CC(F)F)onc2c2c1C(c1cc(F)ccc1Cl)NC2=O)c1cc(F)cc(C(F)(F)F)c1. The first-order chi connectivity index (χ1) is 18.3. The Balaban J connectivity index is 1.70. The van der Waals surface area contributed by atoms with Gasteiger partial charge in [-0.2, -0.15) is 13.2 Å². The van der Waals surface area contributed by atoms with Crippen LogP contribution in [0.2, 0.25) is 5.02 Å². The molecule has 4 aromatic rings. The van der Waals surface area contributed by atoms with Crippen LogP contribution in [0.3, 0.4) is 0 Å². The van der Waals surface area contributed by atoms with Gasteiger partial charge in [-0.3, -0.25) is 9.59 Å². The Bertz CT molecular complexity index is 1650. The molecule has 3 aromatic carbocycles. The summed E-state index contributed by atoms with van der Waals surface area (Å²) in [4.78, 5) is 26.1. The molecule has 0 spiro atoms. The first kappa shape index (κ1) is 26.5. The van der Waals surface area contributed by atoms with E-state index >= 15 is 0 Å². The van der Waals surface area contributed by atoms with E-state index in [1.807, 2.05) is 0 Å². The van der Waals surface area contributed by atoms with Gasteiger partial charge in [0.2, 0.25) is 6.43 Å². The highest BCUT2D eigenvalue weighted by atomic mass is 35.5. The molecule has 1 aliphatic rings. The number of fused-ring (bicyclic) bond motifs is 3. The standard InChI is InChI=1S/C25H13ClF7N3O3/c26-15-2-1-11(27)6-13(15)21-19-16(34-23(37)9-3-10(25(31,32)33)5-12(28)4-9)7-14-17(8-18(29)30)39-36-22(14)20(19)24(38)35-21/h1-7,18,21H,8H2,(H,34,37)(H,35,38). The second-order valence-corrected chi connectivity index (χ2v) is 8.97. The van der Waals surface area contributed by atoms with Gasteiger partial charge in [-0.25, -0.2) is 17.6 Å². The van der Waals surface area contributed by atoms with Gasteiger partial charge in [-0.05, 0) is 42.5 Å². The summed E-state index contributed by atoms with van der Waals surface area (Å²) in [5.41, 5.74) is -2.70. The van der Waals surface area contributed by atoms with Gasteiger partial charge in [0.25, 0.3) is 11.8 Å². The van der Waals surface area contributed by atoms with Crippen LogP contribution < -0.4 is 10.6 Å². The fourth-order valence-corrected chi connectivity index (χ4v) is 4.62. The molecule has 0 saturated heterocycles. The molecule has 1 aromatic heterocycles. The number of carbonyl (C=O) groups excluding carboxylic acids is 2. The lowest BCUT2D eigenvalue weighted by Crippen LogP contribution is -2.21. The highest BCUT2D eigenvalue weighted by molar-refractivity contribution is 6.31. The summed E-state index contributed by atoms with van der Waals surface area (Å²) >= 11 is 6.23. The third-order valence-corrected chi connectivity index (χ3v) is 6.37. The van der Waals surface area contributed by atoms with Crippen LogP contribution in [-0.2, 0) is 12.6 Å². The summed E-state index contributed by atoms with van der Waals surface area (Å²) in [5.74, 6) is -4.39. The van der Waals surface area contributed by atoms with Gasteiger partial charge in [0.1, 0.15) is 22.9 Å². The van der Waals surface area contributed by atoms with Crippen molar-refractivity contribution in [1.82, 2.24) is 10.5 Å². The molecular formula is C25H13ClF7N3O3. The molecule has 0 saturated carbocycles. The first-order valence-electron chi connectivity index (χ1n) is 11.0. The highest BCUT2D eigenvalue weighted by Crippen LogP contribution is 2.43. The molecule has 5 rings (SSSR count). The van der Waals surface area contributed by atoms with Crippen molar-refractivity contribution in [3.8, 4) is 0 Å². The van der Waals surface area contributed by atoms with Crippen molar-refractivity contribution >= 4 is 40.0 Å². The molecule has 0 fully saturated rings. The average molecular weight is 572 g/mol. The number of nitrogens with one attached hydrogen (secondary N) is 2. The molecular weight excluding hydrogens is 559 g/mol. The Morgan fingerprint density at radius 2 is 1.85 bits per heavy atom. The maximum atomic E-state index is 14.1. The van der Waals surface area contributed by atoms with Crippen LogP contribution in [0.4, 0.5) is 36.4 Å². The van der Waals surface area contributed by atoms with Gasteiger partial charge in [0, 0.05) is 32.8 Å². The Labute approximate surface area is 218 Å². The van der Waals surface area contributed by atoms with Gasteiger partial charge >= 0.3 is 6.18 Å². The van der Waals surface area contributed by atoms with Crippen LogP contribution in [0.25, 0.3) is 10.9 Å². The number of aromatic nitrogens is 1. The van der Waals surface area contributed by atoms with Gasteiger partial charge in [-0.1, -0.05) is 16.8 Å². The summed E-state index contributed by atoms with van der Waals surface area (Å²) < 4.78 is 98.9. The van der Waals surface area contributed by atoms with Crippen LogP contribution in [-0.4, -0.2) is 23.4 Å². The topological polar surface area (TPSA) is 84.2 Å². The lowest BCUT2D eigenvalue weighted by atomic mass is 9.93. The van der Waals surface area contributed by atoms with E-state index in [0.29, 0.717) is 12.1 Å². The van der Waals surface area contributed by atoms with Gasteiger partial charge in [-0.15, -0.1) is 0 Å². The third-order valence-electron chi connectivity index (χ3n) is 6.02. The minimum absolute atomic E-state index is 0.0189. The maximum absolute atomic E-state index is 14.1. The number of halogens is 8. The summed E-state index contributed by atoms with van der Waals surface area (Å²) in [6.45, 7) is 0.